The van der Waals surface area contributed by atoms with Gasteiger partial charge in [-0.3, -0.25) is 0 Å². The lowest BCUT2D eigenvalue weighted by atomic mass is 10.2. The first-order chi connectivity index (χ1) is 9.78. The Hall–Kier alpha value is -2.56. The van der Waals surface area contributed by atoms with E-state index in [4.69, 9.17) is 9.15 Å². The summed E-state index contributed by atoms with van der Waals surface area (Å²) in [5, 5.41) is 4.32. The summed E-state index contributed by atoms with van der Waals surface area (Å²) >= 11 is 0. The van der Waals surface area contributed by atoms with E-state index in [0.717, 1.165) is 28.2 Å². The fourth-order valence-electron chi connectivity index (χ4n) is 2.13. The van der Waals surface area contributed by atoms with Gasteiger partial charge in [0.1, 0.15) is 12.1 Å². The van der Waals surface area contributed by atoms with E-state index in [2.05, 4.69) is 15.3 Å². The van der Waals surface area contributed by atoms with E-state index in [0.29, 0.717) is 0 Å². The summed E-state index contributed by atoms with van der Waals surface area (Å²) in [5.74, 6) is 1.58. The van der Waals surface area contributed by atoms with E-state index in [1.165, 1.54) is 6.33 Å². The molecular weight excluding hydrogens is 254 g/mol. The van der Waals surface area contributed by atoms with E-state index in [9.17, 15) is 0 Å². The Morgan fingerprint density at radius 2 is 2.05 bits per heavy atom. The van der Waals surface area contributed by atoms with Gasteiger partial charge in [-0.25, -0.2) is 9.97 Å². The van der Waals surface area contributed by atoms with Gasteiger partial charge in [0.05, 0.1) is 31.2 Å². The molecule has 0 aliphatic heterocycles. The van der Waals surface area contributed by atoms with Crippen LogP contribution in [0.3, 0.4) is 0 Å². The molecule has 2 heterocycles. The first-order valence-electron chi connectivity index (χ1n) is 6.36. The molecule has 5 nitrogen and oxygen atoms in total. The minimum Gasteiger partial charge on any atom is -0.493 e. The zero-order chi connectivity index (χ0) is 13.9. The fourth-order valence-corrected chi connectivity index (χ4v) is 2.13. The Labute approximate surface area is 116 Å². The molecule has 5 heteroatoms. The third-order valence-corrected chi connectivity index (χ3v) is 3.12. The van der Waals surface area contributed by atoms with Crippen LogP contribution in [0, 0.1) is 0 Å². The Bertz CT molecular complexity index is 709. The zero-order valence-electron chi connectivity index (χ0n) is 11.3. The highest BCUT2D eigenvalue weighted by Gasteiger charge is 2.14. The molecule has 0 saturated carbocycles. The minimum atomic E-state index is 0.0121. The van der Waals surface area contributed by atoms with E-state index < -0.39 is 0 Å². The summed E-state index contributed by atoms with van der Waals surface area (Å²) in [6, 6.07) is 7.86. The largest absolute Gasteiger partial charge is 0.493 e. The van der Waals surface area contributed by atoms with Crippen LogP contribution in [0.25, 0.3) is 11.0 Å². The Kier molecular flexibility index (Phi) is 3.25. The van der Waals surface area contributed by atoms with E-state index in [1.807, 2.05) is 31.2 Å². The number of hydrogen-bond donors (Lipinski definition) is 1. The summed E-state index contributed by atoms with van der Waals surface area (Å²) in [5.41, 5.74) is 1.62. The molecule has 0 amide bonds. The number of methoxy groups -OCH3 is 1. The summed E-state index contributed by atoms with van der Waals surface area (Å²) in [7, 11) is 1.64. The van der Waals surface area contributed by atoms with Crippen molar-refractivity contribution in [2.24, 2.45) is 0 Å². The van der Waals surface area contributed by atoms with Crippen molar-refractivity contribution in [2.75, 3.05) is 12.4 Å². The van der Waals surface area contributed by atoms with Crippen LogP contribution in [0.1, 0.15) is 18.7 Å². The van der Waals surface area contributed by atoms with Crippen molar-refractivity contribution in [2.45, 2.75) is 13.0 Å². The molecule has 0 fully saturated rings. The van der Waals surface area contributed by atoms with Gasteiger partial charge >= 0.3 is 0 Å². The maximum absolute atomic E-state index is 5.90. The van der Waals surface area contributed by atoms with Crippen LogP contribution in [0.15, 0.2) is 47.4 Å². The normalized spacial score (nSPS) is 12.3. The topological polar surface area (TPSA) is 60.2 Å². The number of para-hydroxylation sites is 1. The van der Waals surface area contributed by atoms with Crippen LogP contribution in [0.5, 0.6) is 5.75 Å². The van der Waals surface area contributed by atoms with Crippen LogP contribution in [0.4, 0.5) is 5.69 Å². The lowest BCUT2D eigenvalue weighted by molar-refractivity contribution is 0.406. The molecule has 1 unspecified atom stereocenters. The van der Waals surface area contributed by atoms with Crippen molar-refractivity contribution in [3.8, 4) is 5.75 Å². The van der Waals surface area contributed by atoms with Crippen molar-refractivity contribution in [1.82, 2.24) is 9.97 Å². The molecule has 1 N–H and O–H groups in total. The SMILES string of the molecule is COc1cccc2cc(C(C)Nc3cncnc3)oc12. The molecule has 1 aromatic carbocycles. The number of rotatable bonds is 4. The highest BCUT2D eigenvalue weighted by molar-refractivity contribution is 5.83. The first-order valence-corrected chi connectivity index (χ1v) is 6.36. The number of fused-ring (bicyclic) bond motifs is 1. The van der Waals surface area contributed by atoms with Gasteiger partial charge < -0.3 is 14.5 Å². The zero-order valence-corrected chi connectivity index (χ0v) is 11.3. The molecule has 0 aliphatic rings. The number of anilines is 1. The number of benzene rings is 1. The van der Waals surface area contributed by atoms with E-state index in [-0.39, 0.29) is 6.04 Å². The number of furan rings is 1. The third-order valence-electron chi connectivity index (χ3n) is 3.12. The molecule has 0 bridgehead atoms. The number of aromatic nitrogens is 2. The molecule has 3 rings (SSSR count). The minimum absolute atomic E-state index is 0.0121. The third kappa shape index (κ3) is 2.30. The van der Waals surface area contributed by atoms with Crippen LogP contribution in [-0.4, -0.2) is 17.1 Å². The van der Waals surface area contributed by atoms with Crippen LogP contribution < -0.4 is 10.1 Å². The van der Waals surface area contributed by atoms with E-state index in [1.54, 1.807) is 19.5 Å². The Morgan fingerprint density at radius 3 is 2.80 bits per heavy atom. The average Bonchev–Trinajstić information content (AvgIpc) is 2.92. The molecule has 2 aromatic heterocycles. The maximum Gasteiger partial charge on any atom is 0.176 e. The highest BCUT2D eigenvalue weighted by atomic mass is 16.5. The van der Waals surface area contributed by atoms with Gasteiger partial charge in [-0.2, -0.15) is 0 Å². The summed E-state index contributed by atoms with van der Waals surface area (Å²) in [4.78, 5) is 7.95. The van der Waals surface area contributed by atoms with Crippen LogP contribution in [0.2, 0.25) is 0 Å². The Morgan fingerprint density at radius 1 is 1.25 bits per heavy atom. The highest BCUT2D eigenvalue weighted by Crippen LogP contribution is 2.31. The number of nitrogens with zero attached hydrogens (tertiary/aromatic N) is 2. The quantitative estimate of drug-likeness (QED) is 0.786. The predicted molar refractivity (Wildman–Crippen MR) is 76.8 cm³/mol. The molecule has 0 spiro atoms. The second-order valence-corrected chi connectivity index (χ2v) is 4.52. The van der Waals surface area contributed by atoms with Crippen LogP contribution >= 0.6 is 0 Å². The molecule has 20 heavy (non-hydrogen) atoms. The van der Waals surface area contributed by atoms with Crippen LogP contribution in [-0.2, 0) is 0 Å². The van der Waals surface area contributed by atoms with Gasteiger partial charge in [0.15, 0.2) is 11.3 Å². The molecule has 0 aliphatic carbocycles. The van der Waals surface area contributed by atoms with Crippen molar-refractivity contribution in [3.05, 3.63) is 48.7 Å². The van der Waals surface area contributed by atoms with Crippen molar-refractivity contribution in [1.29, 1.82) is 0 Å². The molecule has 1 atom stereocenters. The molecule has 102 valence electrons. The van der Waals surface area contributed by atoms with Crippen molar-refractivity contribution >= 4 is 16.7 Å². The lowest BCUT2D eigenvalue weighted by Crippen LogP contribution is -2.05. The van der Waals surface area contributed by atoms with E-state index >= 15 is 0 Å². The molecule has 0 saturated heterocycles. The van der Waals surface area contributed by atoms with Gasteiger partial charge in [0.25, 0.3) is 0 Å². The van der Waals surface area contributed by atoms with Gasteiger partial charge in [-0.1, -0.05) is 12.1 Å². The van der Waals surface area contributed by atoms with Crippen molar-refractivity contribution < 1.29 is 9.15 Å². The molecule has 3 aromatic rings. The van der Waals surface area contributed by atoms with Crippen molar-refractivity contribution in [3.63, 3.8) is 0 Å². The second-order valence-electron chi connectivity index (χ2n) is 4.52. The molecule has 0 radical (unpaired) electrons. The Balaban J connectivity index is 1.90. The molecular formula is C15H15N3O2. The predicted octanol–water partition coefficient (Wildman–Crippen LogP) is 3.40. The number of nitrogens with one attached hydrogen (secondary N) is 1. The van der Waals surface area contributed by atoms with Gasteiger partial charge in [-0.05, 0) is 19.1 Å². The standard InChI is InChI=1S/C15H15N3O2/c1-10(18-12-7-16-9-17-8-12)14-6-11-4-3-5-13(19-2)15(11)20-14/h3-10,18H,1-2H3. The van der Waals surface area contributed by atoms with Gasteiger partial charge in [0.2, 0.25) is 0 Å². The maximum atomic E-state index is 5.90. The fraction of sp³-hybridized carbons (Fsp3) is 0.200. The number of hydrogen-bond acceptors (Lipinski definition) is 5. The lowest BCUT2D eigenvalue weighted by Gasteiger charge is -2.11. The second kappa shape index (κ2) is 5.21. The smallest absolute Gasteiger partial charge is 0.176 e. The summed E-state index contributed by atoms with van der Waals surface area (Å²) in [6.45, 7) is 2.02. The van der Waals surface area contributed by atoms with Gasteiger partial charge in [0, 0.05) is 5.39 Å². The summed E-state index contributed by atoms with van der Waals surface area (Å²) < 4.78 is 11.2. The first kappa shape index (κ1) is 12.5. The monoisotopic (exact) mass is 269 g/mol. The number of ether oxygens (including phenoxy) is 1. The van der Waals surface area contributed by atoms with Gasteiger partial charge in [-0.15, -0.1) is 0 Å². The summed E-state index contributed by atoms with van der Waals surface area (Å²) in [6.07, 6.45) is 4.96. The average molecular weight is 269 g/mol.